The quantitative estimate of drug-likeness (QED) is 0.594. The van der Waals surface area contributed by atoms with E-state index in [-0.39, 0.29) is 10.8 Å². The summed E-state index contributed by atoms with van der Waals surface area (Å²) in [6.45, 7) is 4.07. The lowest BCUT2D eigenvalue weighted by molar-refractivity contribution is 0.102. The Balaban J connectivity index is 1.75. The minimum atomic E-state index is -3.61. The lowest BCUT2D eigenvalue weighted by Crippen LogP contribution is -2.23. The Bertz CT molecular complexity index is 1170. The van der Waals surface area contributed by atoms with Gasteiger partial charge in [0, 0.05) is 25.3 Å². The minimum Gasteiger partial charge on any atom is -0.489 e. The van der Waals surface area contributed by atoms with Crippen LogP contribution in [0.3, 0.4) is 0 Å². The Morgan fingerprint density at radius 1 is 0.968 bits per heavy atom. The highest BCUT2D eigenvalue weighted by atomic mass is 32.2. The molecule has 0 saturated heterocycles. The van der Waals surface area contributed by atoms with Crippen LogP contribution in [0.15, 0.2) is 71.6 Å². The van der Waals surface area contributed by atoms with Gasteiger partial charge in [0.05, 0.1) is 4.90 Å². The number of nitrogens with zero attached hydrogens (tertiary/aromatic N) is 1. The van der Waals surface area contributed by atoms with Crippen molar-refractivity contribution in [3.05, 3.63) is 89.0 Å². The van der Waals surface area contributed by atoms with E-state index in [1.54, 1.807) is 18.2 Å². The van der Waals surface area contributed by atoms with E-state index in [0.29, 0.717) is 17.9 Å². The van der Waals surface area contributed by atoms with Crippen molar-refractivity contribution in [2.45, 2.75) is 25.3 Å². The summed E-state index contributed by atoms with van der Waals surface area (Å²) in [5, 5.41) is 2.84. The second-order valence-corrected chi connectivity index (χ2v) is 9.60. The number of aryl methyl sites for hydroxylation is 1. The van der Waals surface area contributed by atoms with Crippen molar-refractivity contribution in [3.8, 4) is 5.75 Å². The van der Waals surface area contributed by atoms with Gasteiger partial charge in [-0.1, -0.05) is 30.3 Å². The van der Waals surface area contributed by atoms with Crippen molar-refractivity contribution in [2.24, 2.45) is 0 Å². The average Bonchev–Trinajstić information content (AvgIpc) is 2.76. The number of anilines is 1. The van der Waals surface area contributed by atoms with E-state index >= 15 is 0 Å². The summed E-state index contributed by atoms with van der Waals surface area (Å²) in [5.74, 6) is 0.472. The summed E-state index contributed by atoms with van der Waals surface area (Å²) in [7, 11) is -0.650. The molecule has 1 amide bonds. The summed E-state index contributed by atoms with van der Waals surface area (Å²) in [6, 6.07) is 19.7. The molecule has 0 aliphatic carbocycles. The van der Waals surface area contributed by atoms with E-state index in [1.165, 1.54) is 20.2 Å². The fourth-order valence-corrected chi connectivity index (χ4v) is 3.96. The van der Waals surface area contributed by atoms with Crippen molar-refractivity contribution in [1.29, 1.82) is 0 Å². The van der Waals surface area contributed by atoms with E-state index in [2.05, 4.69) is 5.32 Å². The third kappa shape index (κ3) is 5.31. The van der Waals surface area contributed by atoms with Crippen molar-refractivity contribution < 1.29 is 17.9 Å². The van der Waals surface area contributed by atoms with Gasteiger partial charge in [0.1, 0.15) is 12.4 Å². The molecule has 1 N–H and O–H groups in total. The van der Waals surface area contributed by atoms with Gasteiger partial charge < -0.3 is 10.1 Å². The maximum atomic E-state index is 12.8. The molecule has 0 fully saturated rings. The summed E-state index contributed by atoms with van der Waals surface area (Å²) in [5.41, 5.74) is 3.49. The first kappa shape index (κ1) is 22.5. The van der Waals surface area contributed by atoms with E-state index < -0.39 is 10.0 Å². The minimum absolute atomic E-state index is 0.143. The molecule has 0 unspecified atom stereocenters. The van der Waals surface area contributed by atoms with Gasteiger partial charge in [-0.25, -0.2) is 12.7 Å². The number of hydrogen-bond donors (Lipinski definition) is 1. The standard InChI is InChI=1S/C24H26N2O4S/c1-17-14-22(31(28,29)26(3)4)15-23(18(17)2)25-24(27)20-12-10-19(11-13-20)16-30-21-8-6-5-7-9-21/h5-15H,16H2,1-4H3,(H,25,27). The number of amides is 1. The third-order valence-corrected chi connectivity index (χ3v) is 6.83. The van der Waals surface area contributed by atoms with Gasteiger partial charge in [-0.3, -0.25) is 4.79 Å². The predicted molar refractivity (Wildman–Crippen MR) is 122 cm³/mol. The van der Waals surface area contributed by atoms with Gasteiger partial charge in [0.15, 0.2) is 0 Å². The molecule has 0 atom stereocenters. The van der Waals surface area contributed by atoms with E-state index in [1.807, 2.05) is 56.3 Å². The fourth-order valence-electron chi connectivity index (χ4n) is 2.95. The Hall–Kier alpha value is -3.16. The van der Waals surface area contributed by atoms with E-state index in [0.717, 1.165) is 26.7 Å². The second-order valence-electron chi connectivity index (χ2n) is 7.45. The molecule has 0 aromatic heterocycles. The normalized spacial score (nSPS) is 11.4. The van der Waals surface area contributed by atoms with Gasteiger partial charge >= 0.3 is 0 Å². The maximum absolute atomic E-state index is 12.8. The molecular weight excluding hydrogens is 412 g/mol. The summed E-state index contributed by atoms with van der Waals surface area (Å²) >= 11 is 0. The van der Waals surface area contributed by atoms with Gasteiger partial charge in [0.25, 0.3) is 5.91 Å². The first-order valence-corrected chi connectivity index (χ1v) is 11.2. The van der Waals surface area contributed by atoms with Crippen LogP contribution in [-0.4, -0.2) is 32.7 Å². The number of para-hydroxylation sites is 1. The van der Waals surface area contributed by atoms with Crippen LogP contribution in [0, 0.1) is 13.8 Å². The largest absolute Gasteiger partial charge is 0.489 e. The average molecular weight is 439 g/mol. The van der Waals surface area contributed by atoms with Crippen molar-refractivity contribution >= 4 is 21.6 Å². The second kappa shape index (κ2) is 9.32. The van der Waals surface area contributed by atoms with Crippen molar-refractivity contribution in [1.82, 2.24) is 4.31 Å². The molecule has 0 radical (unpaired) electrons. The van der Waals surface area contributed by atoms with Gasteiger partial charge in [-0.15, -0.1) is 0 Å². The zero-order valence-electron chi connectivity index (χ0n) is 18.0. The number of hydrogen-bond acceptors (Lipinski definition) is 4. The van der Waals surface area contributed by atoms with Crippen LogP contribution in [0.4, 0.5) is 5.69 Å². The lowest BCUT2D eigenvalue weighted by Gasteiger charge is -2.16. The van der Waals surface area contributed by atoms with Crippen molar-refractivity contribution in [2.75, 3.05) is 19.4 Å². The summed E-state index contributed by atoms with van der Waals surface area (Å²) in [6.07, 6.45) is 0. The maximum Gasteiger partial charge on any atom is 0.255 e. The Morgan fingerprint density at radius 3 is 2.23 bits per heavy atom. The highest BCUT2D eigenvalue weighted by molar-refractivity contribution is 7.89. The van der Waals surface area contributed by atoms with Crippen molar-refractivity contribution in [3.63, 3.8) is 0 Å². The van der Waals surface area contributed by atoms with Crippen LogP contribution >= 0.6 is 0 Å². The molecule has 7 heteroatoms. The molecule has 6 nitrogen and oxygen atoms in total. The lowest BCUT2D eigenvalue weighted by atomic mass is 10.1. The Labute approximate surface area is 183 Å². The molecule has 0 aliphatic heterocycles. The molecular formula is C24H26N2O4S. The van der Waals surface area contributed by atoms with Gasteiger partial charge in [0.2, 0.25) is 10.0 Å². The fraction of sp³-hybridized carbons (Fsp3) is 0.208. The first-order valence-electron chi connectivity index (χ1n) is 9.80. The van der Waals surface area contributed by atoms with Crippen LogP contribution < -0.4 is 10.1 Å². The Kier molecular flexibility index (Phi) is 6.77. The first-order chi connectivity index (χ1) is 14.7. The molecule has 0 spiro atoms. The Morgan fingerprint density at radius 2 is 1.61 bits per heavy atom. The van der Waals surface area contributed by atoms with Crippen LogP contribution in [-0.2, 0) is 16.6 Å². The summed E-state index contributed by atoms with van der Waals surface area (Å²) in [4.78, 5) is 12.9. The predicted octanol–water partition coefficient (Wildman–Crippen LogP) is 4.39. The number of carbonyl (C=O) groups is 1. The van der Waals surface area contributed by atoms with Crippen LogP contribution in [0.2, 0.25) is 0 Å². The zero-order chi connectivity index (χ0) is 22.6. The highest BCUT2D eigenvalue weighted by Crippen LogP contribution is 2.26. The van der Waals surface area contributed by atoms with Crippen LogP contribution in [0.1, 0.15) is 27.0 Å². The zero-order valence-corrected chi connectivity index (χ0v) is 18.9. The number of sulfonamides is 1. The third-order valence-electron chi connectivity index (χ3n) is 5.03. The molecule has 0 saturated carbocycles. The smallest absolute Gasteiger partial charge is 0.255 e. The van der Waals surface area contributed by atoms with Gasteiger partial charge in [-0.05, 0) is 66.9 Å². The topological polar surface area (TPSA) is 75.7 Å². The molecule has 0 aliphatic rings. The number of benzene rings is 3. The van der Waals surface area contributed by atoms with Crippen LogP contribution in [0.5, 0.6) is 5.75 Å². The number of nitrogens with one attached hydrogen (secondary N) is 1. The monoisotopic (exact) mass is 438 g/mol. The molecule has 0 bridgehead atoms. The number of ether oxygens (including phenoxy) is 1. The van der Waals surface area contributed by atoms with E-state index in [4.69, 9.17) is 4.74 Å². The van der Waals surface area contributed by atoms with Crippen LogP contribution in [0.25, 0.3) is 0 Å². The number of rotatable bonds is 7. The molecule has 3 aromatic carbocycles. The van der Waals surface area contributed by atoms with E-state index in [9.17, 15) is 13.2 Å². The molecule has 3 aromatic rings. The molecule has 0 heterocycles. The molecule has 31 heavy (non-hydrogen) atoms. The number of carbonyl (C=O) groups excluding carboxylic acids is 1. The molecule has 3 rings (SSSR count). The molecule has 162 valence electrons. The van der Waals surface area contributed by atoms with Gasteiger partial charge in [-0.2, -0.15) is 0 Å². The summed E-state index contributed by atoms with van der Waals surface area (Å²) < 4.78 is 31.9. The highest BCUT2D eigenvalue weighted by Gasteiger charge is 2.20. The SMILES string of the molecule is Cc1cc(S(=O)(=O)N(C)C)cc(NC(=O)c2ccc(COc3ccccc3)cc2)c1C.